The molecule has 0 bridgehead atoms. The Hall–Kier alpha value is -0.810. The lowest BCUT2D eigenvalue weighted by Crippen LogP contribution is -2.43. The summed E-state index contributed by atoms with van der Waals surface area (Å²) in [6, 6.07) is 0.198. The van der Waals surface area contributed by atoms with Crippen LogP contribution in [0.2, 0.25) is 0 Å². The van der Waals surface area contributed by atoms with Crippen LogP contribution in [0.1, 0.15) is 300 Å². The van der Waals surface area contributed by atoms with Gasteiger partial charge in [0.1, 0.15) is 5.60 Å². The summed E-state index contributed by atoms with van der Waals surface area (Å²) in [6.07, 6.45) is 46.8. The average Bonchev–Trinajstić information content (AvgIpc) is 3.16. The highest BCUT2D eigenvalue weighted by atomic mass is 16.6. The van der Waals surface area contributed by atoms with Crippen LogP contribution in [0, 0.1) is 5.41 Å². The van der Waals surface area contributed by atoms with Crippen molar-refractivity contribution in [2.45, 2.75) is 323 Å². The van der Waals surface area contributed by atoms with Gasteiger partial charge in [0.05, 0.1) is 17.8 Å². The van der Waals surface area contributed by atoms with Crippen molar-refractivity contribution in [3.8, 4) is 0 Å². The smallest absolute Gasteiger partial charge is 0.407 e. The first kappa shape index (κ1) is 58.2. The van der Waals surface area contributed by atoms with E-state index in [2.05, 4.69) is 74.6 Å². The van der Waals surface area contributed by atoms with E-state index < -0.39 is 5.60 Å². The second kappa shape index (κ2) is 36.7. The molecule has 0 rings (SSSR count). The first-order valence-electron chi connectivity index (χ1n) is 26.3. The number of unbranched alkanes of at least 4 members (excludes halogenated alkanes) is 28. The summed E-state index contributed by atoms with van der Waals surface area (Å²) in [5.74, 6) is 0. The van der Waals surface area contributed by atoms with Gasteiger partial charge < -0.3 is 19.5 Å². The maximum atomic E-state index is 13.5. The molecule has 0 fully saturated rings. The van der Waals surface area contributed by atoms with Gasteiger partial charge in [-0.3, -0.25) is 0 Å². The topological polar surface area (TPSA) is 56.8 Å². The van der Waals surface area contributed by atoms with Crippen LogP contribution in [0.15, 0.2) is 0 Å². The van der Waals surface area contributed by atoms with Crippen LogP contribution in [0.25, 0.3) is 0 Å². The zero-order valence-corrected chi connectivity index (χ0v) is 42.4. The number of amides is 1. The zero-order chi connectivity index (χ0) is 44.1. The van der Waals surface area contributed by atoms with E-state index in [1.54, 1.807) is 7.11 Å². The lowest BCUT2D eigenvalue weighted by atomic mass is 9.71. The number of carbonyl (C=O) groups is 1. The summed E-state index contributed by atoms with van der Waals surface area (Å²) in [7, 11) is 1.77. The fraction of sp³-hybridized carbons (Fsp3) is 0.981. The molecule has 59 heavy (non-hydrogen) atoms. The van der Waals surface area contributed by atoms with Crippen LogP contribution in [0.3, 0.4) is 0 Å². The van der Waals surface area contributed by atoms with Gasteiger partial charge in [-0.2, -0.15) is 0 Å². The number of carbonyl (C=O) groups excluding carboxylic acids is 1. The van der Waals surface area contributed by atoms with Crippen molar-refractivity contribution in [3.05, 3.63) is 0 Å². The van der Waals surface area contributed by atoms with E-state index in [9.17, 15) is 4.79 Å². The molecule has 0 saturated heterocycles. The Morgan fingerprint density at radius 2 is 0.780 bits per heavy atom. The molecule has 1 N–H and O–H groups in total. The zero-order valence-electron chi connectivity index (χ0n) is 42.4. The van der Waals surface area contributed by atoms with E-state index in [1.165, 1.54) is 193 Å². The molecular weight excluding hydrogens is 727 g/mol. The van der Waals surface area contributed by atoms with Gasteiger partial charge in [0.15, 0.2) is 0 Å². The van der Waals surface area contributed by atoms with Gasteiger partial charge in [0, 0.05) is 13.2 Å². The Kier molecular flexibility index (Phi) is 36.1. The van der Waals surface area contributed by atoms with E-state index in [-0.39, 0.29) is 28.8 Å². The minimum atomic E-state index is -0.573. The molecule has 0 radical (unpaired) electrons. The molecule has 1 unspecified atom stereocenters. The predicted octanol–water partition coefficient (Wildman–Crippen LogP) is 18.2. The number of hydrogen-bond acceptors (Lipinski definition) is 4. The van der Waals surface area contributed by atoms with Gasteiger partial charge in [0.25, 0.3) is 0 Å². The number of rotatable bonds is 44. The SMILES string of the molecule is CCCCCCCCCCCCCCCCCC(CCCCCCCCCCCCCCCCC)NC(=O)OC(C)(C)CC(C)(CC)CC(C)(C)OCCC(C)(C)OC. The number of ether oxygens (including phenoxy) is 3. The molecule has 354 valence electrons. The Balaban J connectivity index is 4.81. The van der Waals surface area contributed by atoms with Crippen LogP contribution in [0.4, 0.5) is 4.79 Å². The molecule has 0 spiro atoms. The minimum absolute atomic E-state index is 0.0226. The summed E-state index contributed by atoms with van der Waals surface area (Å²) in [5.41, 5.74) is -1.07. The standard InChI is InChI=1S/C54H109NO4/c1-12-15-17-19-21-23-25-27-29-31-33-35-37-39-41-43-49(44-42-40-38-36-34-32-30-28-26-24-22-20-18-16-13-2)55-50(56)59-53(8,9)48-54(10,14-3)47-52(6,7)58-46-45-51(4,5)57-11/h49H,12-48H2,1-11H3,(H,55,56). The van der Waals surface area contributed by atoms with Crippen LogP contribution in [0.5, 0.6) is 0 Å². The van der Waals surface area contributed by atoms with Crippen LogP contribution < -0.4 is 5.32 Å². The highest BCUT2D eigenvalue weighted by Gasteiger charge is 2.39. The van der Waals surface area contributed by atoms with Gasteiger partial charge in [-0.1, -0.05) is 227 Å². The fourth-order valence-corrected chi connectivity index (χ4v) is 9.39. The molecule has 0 saturated carbocycles. The molecule has 0 aromatic carbocycles. The molecule has 5 nitrogen and oxygen atoms in total. The maximum absolute atomic E-state index is 13.5. The van der Waals surface area contributed by atoms with Crippen LogP contribution in [-0.2, 0) is 14.2 Å². The molecule has 0 aromatic heterocycles. The minimum Gasteiger partial charge on any atom is -0.444 e. The first-order chi connectivity index (χ1) is 28.1. The van der Waals surface area contributed by atoms with Crippen molar-refractivity contribution in [1.29, 1.82) is 0 Å². The monoisotopic (exact) mass is 836 g/mol. The summed E-state index contributed by atoms with van der Waals surface area (Å²) < 4.78 is 18.3. The third-order valence-electron chi connectivity index (χ3n) is 13.3. The summed E-state index contributed by atoms with van der Waals surface area (Å²) in [6.45, 7) is 22.6. The number of alkyl carbamates (subject to hydrolysis) is 1. The number of nitrogens with one attached hydrogen (secondary N) is 1. The number of methoxy groups -OCH3 is 1. The maximum Gasteiger partial charge on any atom is 0.407 e. The van der Waals surface area contributed by atoms with E-state index in [0.29, 0.717) is 6.61 Å². The lowest BCUT2D eigenvalue weighted by molar-refractivity contribution is -0.0862. The molecule has 5 heteroatoms. The average molecular weight is 836 g/mol. The molecule has 0 aromatic rings. The van der Waals surface area contributed by atoms with Gasteiger partial charge in [0.2, 0.25) is 0 Å². The van der Waals surface area contributed by atoms with Crippen LogP contribution >= 0.6 is 0 Å². The normalized spacial score (nSPS) is 13.6. The Morgan fingerprint density at radius 1 is 0.458 bits per heavy atom. The second-order valence-corrected chi connectivity index (χ2v) is 21.3. The van der Waals surface area contributed by atoms with Crippen molar-refractivity contribution in [1.82, 2.24) is 5.32 Å². The lowest BCUT2D eigenvalue weighted by Gasteiger charge is -2.41. The van der Waals surface area contributed by atoms with E-state index >= 15 is 0 Å². The Bertz CT molecular complexity index is 897. The molecule has 0 aliphatic rings. The quantitative estimate of drug-likeness (QED) is 0.0621. The Labute approximate surface area is 371 Å². The molecule has 1 atom stereocenters. The highest BCUT2D eigenvalue weighted by molar-refractivity contribution is 5.68. The van der Waals surface area contributed by atoms with Crippen molar-refractivity contribution in [2.75, 3.05) is 13.7 Å². The fourth-order valence-electron chi connectivity index (χ4n) is 9.39. The summed E-state index contributed by atoms with van der Waals surface area (Å²) in [4.78, 5) is 13.5. The Morgan fingerprint density at radius 3 is 1.10 bits per heavy atom. The van der Waals surface area contributed by atoms with Gasteiger partial charge >= 0.3 is 6.09 Å². The molecule has 1 amide bonds. The second-order valence-electron chi connectivity index (χ2n) is 21.3. The van der Waals surface area contributed by atoms with Crippen molar-refractivity contribution < 1.29 is 19.0 Å². The molecular formula is C54H109NO4. The predicted molar refractivity (Wildman–Crippen MR) is 260 cm³/mol. The van der Waals surface area contributed by atoms with E-state index in [4.69, 9.17) is 14.2 Å². The van der Waals surface area contributed by atoms with Gasteiger partial charge in [-0.15, -0.1) is 0 Å². The highest BCUT2D eigenvalue weighted by Crippen LogP contribution is 2.41. The van der Waals surface area contributed by atoms with Crippen molar-refractivity contribution in [2.24, 2.45) is 5.41 Å². The van der Waals surface area contributed by atoms with Gasteiger partial charge in [-0.25, -0.2) is 4.79 Å². The number of hydrogen-bond donors (Lipinski definition) is 1. The molecule has 0 aliphatic heterocycles. The molecule has 0 aliphatic carbocycles. The van der Waals surface area contributed by atoms with Crippen molar-refractivity contribution >= 4 is 6.09 Å². The first-order valence-corrected chi connectivity index (χ1v) is 26.3. The molecule has 0 heterocycles. The van der Waals surface area contributed by atoms with E-state index in [1.807, 2.05) is 0 Å². The van der Waals surface area contributed by atoms with Crippen LogP contribution in [-0.4, -0.2) is 42.7 Å². The third-order valence-corrected chi connectivity index (χ3v) is 13.3. The van der Waals surface area contributed by atoms with Gasteiger partial charge in [-0.05, 0) is 79.1 Å². The summed E-state index contributed by atoms with van der Waals surface area (Å²) >= 11 is 0. The third kappa shape index (κ3) is 37.5. The summed E-state index contributed by atoms with van der Waals surface area (Å²) in [5, 5.41) is 3.37. The van der Waals surface area contributed by atoms with Crippen molar-refractivity contribution in [3.63, 3.8) is 0 Å². The van der Waals surface area contributed by atoms with E-state index in [0.717, 1.165) is 38.5 Å². The largest absolute Gasteiger partial charge is 0.444 e.